The zero-order chi connectivity index (χ0) is 24.0. The number of hydrogen-bond donors (Lipinski definition) is 2. The second-order valence-corrected chi connectivity index (χ2v) is 9.97. The Balaban J connectivity index is 1.28. The van der Waals surface area contributed by atoms with Crippen LogP contribution >= 0.6 is 22.7 Å². The second kappa shape index (κ2) is 10.9. The van der Waals surface area contributed by atoms with Gasteiger partial charge in [-0.15, -0.1) is 22.7 Å². The van der Waals surface area contributed by atoms with Crippen molar-refractivity contribution in [2.45, 2.75) is 25.3 Å². The van der Waals surface area contributed by atoms with Crippen LogP contribution in [0.1, 0.15) is 28.9 Å². The number of carbonyl (C=O) groups is 2. The number of anilines is 1. The zero-order valence-corrected chi connectivity index (χ0v) is 20.6. The van der Waals surface area contributed by atoms with Crippen molar-refractivity contribution in [2.24, 2.45) is 0 Å². The standard InChI is InChI=1S/C25H25N5O3S2/c31-23(18-9-4-11-26-18)27-12-6-13-30(24(32)22-10-5-14-34-22)25-28-20(16-35-25)21-15-19(29-33-21)17-7-2-1-3-8-17/h1-3,5,7-8,10,14-16,18,26H,4,6,9,11-13H2,(H,27,31). The van der Waals surface area contributed by atoms with Crippen molar-refractivity contribution in [2.75, 3.05) is 24.5 Å². The first-order valence-corrected chi connectivity index (χ1v) is 13.3. The molecular formula is C25H25N5O3S2. The second-order valence-electron chi connectivity index (χ2n) is 8.19. The summed E-state index contributed by atoms with van der Waals surface area (Å²) in [5.74, 6) is 0.466. The van der Waals surface area contributed by atoms with Crippen LogP contribution in [0.15, 0.2) is 63.8 Å². The third-order valence-corrected chi connectivity index (χ3v) is 7.49. The maximum atomic E-state index is 13.2. The van der Waals surface area contributed by atoms with E-state index in [1.165, 1.54) is 22.7 Å². The average Bonchev–Trinajstić information content (AvgIpc) is 3.71. The van der Waals surface area contributed by atoms with Crippen LogP contribution in [0.2, 0.25) is 0 Å². The summed E-state index contributed by atoms with van der Waals surface area (Å²) in [6, 6.07) is 15.2. The molecule has 35 heavy (non-hydrogen) atoms. The highest BCUT2D eigenvalue weighted by Crippen LogP contribution is 2.31. The lowest BCUT2D eigenvalue weighted by Gasteiger charge is -2.19. The van der Waals surface area contributed by atoms with E-state index in [4.69, 9.17) is 9.51 Å². The molecule has 5 rings (SSSR count). The van der Waals surface area contributed by atoms with Gasteiger partial charge in [0.2, 0.25) is 5.91 Å². The van der Waals surface area contributed by atoms with Crippen LogP contribution < -0.4 is 15.5 Å². The van der Waals surface area contributed by atoms with Crippen LogP contribution in [-0.2, 0) is 4.79 Å². The number of rotatable bonds is 9. The van der Waals surface area contributed by atoms with E-state index < -0.39 is 0 Å². The number of thiophene rings is 1. The summed E-state index contributed by atoms with van der Waals surface area (Å²) in [4.78, 5) is 32.5. The number of nitrogens with zero attached hydrogens (tertiary/aromatic N) is 3. The van der Waals surface area contributed by atoms with E-state index >= 15 is 0 Å². The van der Waals surface area contributed by atoms with Crippen molar-refractivity contribution >= 4 is 39.6 Å². The quantitative estimate of drug-likeness (QED) is 0.325. The highest BCUT2D eigenvalue weighted by molar-refractivity contribution is 7.14. The molecule has 1 saturated heterocycles. The van der Waals surface area contributed by atoms with Gasteiger partial charge in [-0.05, 0) is 37.3 Å². The van der Waals surface area contributed by atoms with Gasteiger partial charge in [-0.25, -0.2) is 4.98 Å². The molecule has 2 N–H and O–H groups in total. The Labute approximate surface area is 211 Å². The lowest BCUT2D eigenvalue weighted by molar-refractivity contribution is -0.122. The van der Waals surface area contributed by atoms with E-state index in [0.717, 1.165) is 30.6 Å². The van der Waals surface area contributed by atoms with Crippen LogP contribution in [0, 0.1) is 0 Å². The maximum Gasteiger partial charge on any atom is 0.270 e. The molecule has 4 heterocycles. The molecule has 0 bridgehead atoms. The molecule has 0 radical (unpaired) electrons. The SMILES string of the molecule is O=C(NCCCN(C(=O)c1cccs1)c1nc(-c2cc(-c3ccccc3)no2)cs1)C1CCCN1. The van der Waals surface area contributed by atoms with Gasteiger partial charge in [-0.1, -0.05) is 41.6 Å². The maximum absolute atomic E-state index is 13.2. The van der Waals surface area contributed by atoms with E-state index in [1.807, 2.05) is 59.3 Å². The lowest BCUT2D eigenvalue weighted by Crippen LogP contribution is -2.41. The predicted molar refractivity (Wildman–Crippen MR) is 138 cm³/mol. The van der Waals surface area contributed by atoms with E-state index in [2.05, 4.69) is 15.8 Å². The third kappa shape index (κ3) is 5.50. The fourth-order valence-electron chi connectivity index (χ4n) is 3.94. The van der Waals surface area contributed by atoms with E-state index in [1.54, 1.807) is 4.90 Å². The lowest BCUT2D eigenvalue weighted by atomic mass is 10.1. The van der Waals surface area contributed by atoms with Gasteiger partial charge in [-0.3, -0.25) is 14.5 Å². The van der Waals surface area contributed by atoms with Crippen molar-refractivity contribution in [1.82, 2.24) is 20.8 Å². The molecule has 1 unspecified atom stereocenters. The Kier molecular flexibility index (Phi) is 7.31. The molecule has 1 aromatic carbocycles. The fraction of sp³-hybridized carbons (Fsp3) is 0.280. The summed E-state index contributed by atoms with van der Waals surface area (Å²) >= 11 is 2.78. The Bertz CT molecular complexity index is 1260. The largest absolute Gasteiger partial charge is 0.355 e. The van der Waals surface area contributed by atoms with Crippen molar-refractivity contribution < 1.29 is 14.1 Å². The number of hydrogen-bond acceptors (Lipinski definition) is 8. The van der Waals surface area contributed by atoms with Crippen LogP contribution in [0.4, 0.5) is 5.13 Å². The minimum absolute atomic E-state index is 0.0229. The molecule has 10 heteroatoms. The molecule has 1 atom stereocenters. The first kappa shape index (κ1) is 23.4. The van der Waals surface area contributed by atoms with Crippen LogP contribution in [0.25, 0.3) is 22.7 Å². The molecule has 3 aromatic heterocycles. The predicted octanol–water partition coefficient (Wildman–Crippen LogP) is 4.43. The molecular weight excluding hydrogens is 482 g/mol. The highest BCUT2D eigenvalue weighted by atomic mass is 32.1. The molecule has 1 aliphatic heterocycles. The number of carbonyl (C=O) groups excluding carboxylic acids is 2. The molecule has 180 valence electrons. The molecule has 2 amide bonds. The number of thiazole rings is 1. The summed E-state index contributed by atoms with van der Waals surface area (Å²) in [6.07, 6.45) is 2.50. The van der Waals surface area contributed by atoms with Gasteiger partial charge < -0.3 is 15.2 Å². The summed E-state index contributed by atoms with van der Waals surface area (Å²) in [7, 11) is 0. The molecule has 0 aliphatic carbocycles. The summed E-state index contributed by atoms with van der Waals surface area (Å²) in [5.41, 5.74) is 2.32. The summed E-state index contributed by atoms with van der Waals surface area (Å²) in [5, 5.41) is 14.7. The van der Waals surface area contributed by atoms with E-state index in [9.17, 15) is 9.59 Å². The molecule has 1 fully saturated rings. The Morgan fingerprint density at radius 2 is 2.03 bits per heavy atom. The smallest absolute Gasteiger partial charge is 0.270 e. The Morgan fingerprint density at radius 1 is 1.14 bits per heavy atom. The van der Waals surface area contributed by atoms with Crippen LogP contribution in [0.3, 0.4) is 0 Å². The normalized spacial score (nSPS) is 15.3. The minimum atomic E-state index is -0.108. The zero-order valence-electron chi connectivity index (χ0n) is 19.0. The first-order chi connectivity index (χ1) is 17.2. The number of benzene rings is 1. The summed E-state index contributed by atoms with van der Waals surface area (Å²) in [6.45, 7) is 1.81. The fourth-order valence-corrected chi connectivity index (χ4v) is 5.45. The Hall–Kier alpha value is -3.34. The van der Waals surface area contributed by atoms with Crippen molar-refractivity contribution in [3.63, 3.8) is 0 Å². The van der Waals surface area contributed by atoms with Crippen LogP contribution in [0.5, 0.6) is 0 Å². The van der Waals surface area contributed by atoms with Crippen molar-refractivity contribution in [3.8, 4) is 22.7 Å². The van der Waals surface area contributed by atoms with Crippen molar-refractivity contribution in [3.05, 3.63) is 64.2 Å². The number of aromatic nitrogens is 2. The van der Waals surface area contributed by atoms with Gasteiger partial charge in [0.05, 0.1) is 10.9 Å². The topological polar surface area (TPSA) is 100 Å². The van der Waals surface area contributed by atoms with Gasteiger partial charge in [-0.2, -0.15) is 0 Å². The van der Waals surface area contributed by atoms with Gasteiger partial charge in [0.1, 0.15) is 11.4 Å². The molecule has 1 aliphatic rings. The monoisotopic (exact) mass is 507 g/mol. The van der Waals surface area contributed by atoms with Gasteiger partial charge in [0.15, 0.2) is 10.9 Å². The van der Waals surface area contributed by atoms with Crippen LogP contribution in [-0.4, -0.2) is 47.6 Å². The van der Waals surface area contributed by atoms with E-state index in [-0.39, 0.29) is 17.9 Å². The van der Waals surface area contributed by atoms with Gasteiger partial charge >= 0.3 is 0 Å². The third-order valence-electron chi connectivity index (χ3n) is 5.77. The highest BCUT2D eigenvalue weighted by Gasteiger charge is 2.24. The molecule has 8 nitrogen and oxygen atoms in total. The van der Waals surface area contributed by atoms with Crippen molar-refractivity contribution in [1.29, 1.82) is 0 Å². The molecule has 0 spiro atoms. The molecule has 0 saturated carbocycles. The Morgan fingerprint density at radius 3 is 2.80 bits per heavy atom. The average molecular weight is 508 g/mol. The molecule has 4 aromatic rings. The van der Waals surface area contributed by atoms with E-state index in [0.29, 0.717) is 41.0 Å². The van der Waals surface area contributed by atoms with Gasteiger partial charge in [0.25, 0.3) is 5.91 Å². The summed E-state index contributed by atoms with van der Waals surface area (Å²) < 4.78 is 5.54. The number of nitrogens with one attached hydrogen (secondary N) is 2. The first-order valence-electron chi connectivity index (χ1n) is 11.5. The minimum Gasteiger partial charge on any atom is -0.355 e. The number of amides is 2. The van der Waals surface area contributed by atoms with Gasteiger partial charge in [0, 0.05) is 30.1 Å².